The number of hydrogen-bond acceptors (Lipinski definition) is 3. The first-order chi connectivity index (χ1) is 10.7. The highest BCUT2D eigenvalue weighted by atomic mass is 16.2. The summed E-state index contributed by atoms with van der Waals surface area (Å²) in [6.45, 7) is 10.3. The fourth-order valence-corrected chi connectivity index (χ4v) is 3.20. The lowest BCUT2D eigenvalue weighted by atomic mass is 9.97. The van der Waals surface area contributed by atoms with Crippen LogP contribution in [0.1, 0.15) is 60.3 Å². The molecule has 0 N–H and O–H groups in total. The van der Waals surface area contributed by atoms with E-state index in [1.165, 1.54) is 0 Å². The van der Waals surface area contributed by atoms with E-state index in [-0.39, 0.29) is 29.6 Å². The topological polar surface area (TPSA) is 57.7 Å². The van der Waals surface area contributed by atoms with Gasteiger partial charge in [0, 0.05) is 25.9 Å². The van der Waals surface area contributed by atoms with Crippen LogP contribution in [0.2, 0.25) is 0 Å². The maximum Gasteiger partial charge on any atom is 0.245 e. The van der Waals surface area contributed by atoms with Crippen LogP contribution in [0.4, 0.5) is 0 Å². The zero-order chi connectivity index (χ0) is 17.7. The van der Waals surface area contributed by atoms with Gasteiger partial charge in [-0.3, -0.25) is 14.4 Å². The number of rotatable bonds is 7. The minimum atomic E-state index is -0.408. The van der Waals surface area contributed by atoms with E-state index in [1.54, 1.807) is 16.8 Å². The normalized spacial score (nSPS) is 19.3. The number of likely N-dealkylation sites (tertiary alicyclic amines) is 1. The van der Waals surface area contributed by atoms with Gasteiger partial charge in [0.2, 0.25) is 11.8 Å². The van der Waals surface area contributed by atoms with Crippen molar-refractivity contribution >= 4 is 17.6 Å². The van der Waals surface area contributed by atoms with Crippen molar-refractivity contribution in [2.75, 3.05) is 13.6 Å². The van der Waals surface area contributed by atoms with Gasteiger partial charge in [0.1, 0.15) is 6.04 Å². The standard InChI is InChI=1S/C18H32N2O3/c1-7-16(21)15(11-12(2)3)19(6)18(23)14-9-8-10-20(14)17(22)13(4)5/h12-15H,7-11H2,1-6H3/t14-,15+/m0/s1. The Morgan fingerprint density at radius 1 is 1.17 bits per heavy atom. The van der Waals surface area contributed by atoms with Crippen LogP contribution in [-0.2, 0) is 14.4 Å². The number of carbonyl (C=O) groups excluding carboxylic acids is 3. The number of hydrogen-bond donors (Lipinski definition) is 0. The molecule has 1 aliphatic rings. The quantitative estimate of drug-likeness (QED) is 0.723. The van der Waals surface area contributed by atoms with E-state index in [1.807, 2.05) is 20.8 Å². The molecule has 1 rings (SSSR count). The van der Waals surface area contributed by atoms with E-state index in [9.17, 15) is 14.4 Å². The summed E-state index contributed by atoms with van der Waals surface area (Å²) in [6.07, 6.45) is 2.63. The molecule has 1 aliphatic heterocycles. The maximum absolute atomic E-state index is 12.9. The predicted molar refractivity (Wildman–Crippen MR) is 90.9 cm³/mol. The molecule has 0 bridgehead atoms. The van der Waals surface area contributed by atoms with Gasteiger partial charge < -0.3 is 9.80 Å². The molecule has 0 aromatic heterocycles. The molecule has 1 fully saturated rings. The minimum Gasteiger partial charge on any atom is -0.334 e. The number of nitrogens with zero attached hydrogens (tertiary/aromatic N) is 2. The van der Waals surface area contributed by atoms with Crippen molar-refractivity contribution in [2.24, 2.45) is 11.8 Å². The zero-order valence-electron chi connectivity index (χ0n) is 15.5. The highest BCUT2D eigenvalue weighted by molar-refractivity contribution is 5.93. The van der Waals surface area contributed by atoms with E-state index in [0.717, 1.165) is 6.42 Å². The Balaban J connectivity index is 2.91. The predicted octanol–water partition coefficient (Wildman–Crippen LogP) is 2.49. The first-order valence-corrected chi connectivity index (χ1v) is 8.80. The Bertz CT molecular complexity index is 446. The largest absolute Gasteiger partial charge is 0.334 e. The van der Waals surface area contributed by atoms with Crippen molar-refractivity contribution in [3.05, 3.63) is 0 Å². The third kappa shape index (κ3) is 4.79. The Morgan fingerprint density at radius 3 is 2.26 bits per heavy atom. The molecule has 0 aromatic carbocycles. The third-order valence-electron chi connectivity index (χ3n) is 4.54. The molecule has 0 aromatic rings. The van der Waals surface area contributed by atoms with Crippen LogP contribution >= 0.6 is 0 Å². The lowest BCUT2D eigenvalue weighted by Crippen LogP contribution is -2.52. The van der Waals surface area contributed by atoms with Crippen LogP contribution in [0.3, 0.4) is 0 Å². The second-order valence-electron chi connectivity index (χ2n) is 7.26. The van der Waals surface area contributed by atoms with Crippen LogP contribution in [0, 0.1) is 11.8 Å². The van der Waals surface area contributed by atoms with Gasteiger partial charge in [-0.05, 0) is 25.2 Å². The van der Waals surface area contributed by atoms with Gasteiger partial charge >= 0.3 is 0 Å². The number of amides is 2. The summed E-state index contributed by atoms with van der Waals surface area (Å²) in [5, 5.41) is 0. The van der Waals surface area contributed by atoms with Gasteiger partial charge in [-0.1, -0.05) is 34.6 Å². The molecule has 2 atom stereocenters. The lowest BCUT2D eigenvalue weighted by Gasteiger charge is -2.33. The van der Waals surface area contributed by atoms with Crippen LogP contribution in [0.25, 0.3) is 0 Å². The molecule has 2 amide bonds. The average Bonchev–Trinajstić information content (AvgIpc) is 2.98. The molecule has 1 heterocycles. The van der Waals surface area contributed by atoms with E-state index < -0.39 is 6.04 Å². The summed E-state index contributed by atoms with van der Waals surface area (Å²) < 4.78 is 0. The number of Topliss-reactive ketones (excluding diaryl/α,β-unsaturated/α-hetero) is 1. The minimum absolute atomic E-state index is 0.0245. The molecule has 0 unspecified atom stereocenters. The highest BCUT2D eigenvalue weighted by Crippen LogP contribution is 2.23. The third-order valence-corrected chi connectivity index (χ3v) is 4.54. The van der Waals surface area contributed by atoms with Crippen molar-refractivity contribution in [3.8, 4) is 0 Å². The summed E-state index contributed by atoms with van der Waals surface area (Å²) in [5.74, 6) is 0.245. The van der Waals surface area contributed by atoms with Gasteiger partial charge in [0.15, 0.2) is 5.78 Å². The molecule has 0 spiro atoms. The van der Waals surface area contributed by atoms with E-state index >= 15 is 0 Å². The number of ketones is 1. The molecule has 0 aliphatic carbocycles. The number of likely N-dealkylation sites (N-methyl/N-ethyl adjacent to an activating group) is 1. The summed E-state index contributed by atoms with van der Waals surface area (Å²) in [4.78, 5) is 40.8. The van der Waals surface area contributed by atoms with Crippen LogP contribution in [-0.4, -0.2) is 53.1 Å². The number of carbonyl (C=O) groups is 3. The molecule has 5 nitrogen and oxygen atoms in total. The molecule has 0 saturated carbocycles. The van der Waals surface area contributed by atoms with Gasteiger partial charge in [0.25, 0.3) is 0 Å². The van der Waals surface area contributed by atoms with Crippen LogP contribution in [0.5, 0.6) is 0 Å². The smallest absolute Gasteiger partial charge is 0.245 e. The second kappa shape index (κ2) is 8.46. The molecule has 1 saturated heterocycles. The van der Waals surface area contributed by atoms with Gasteiger partial charge in [-0.15, -0.1) is 0 Å². The second-order valence-corrected chi connectivity index (χ2v) is 7.26. The molecular weight excluding hydrogens is 292 g/mol. The average molecular weight is 324 g/mol. The Morgan fingerprint density at radius 2 is 1.78 bits per heavy atom. The van der Waals surface area contributed by atoms with Gasteiger partial charge in [0.05, 0.1) is 6.04 Å². The van der Waals surface area contributed by atoms with Crippen molar-refractivity contribution in [3.63, 3.8) is 0 Å². The van der Waals surface area contributed by atoms with E-state index in [0.29, 0.717) is 31.7 Å². The summed E-state index contributed by atoms with van der Waals surface area (Å²) >= 11 is 0. The van der Waals surface area contributed by atoms with Crippen molar-refractivity contribution in [2.45, 2.75) is 72.4 Å². The summed E-state index contributed by atoms with van der Waals surface area (Å²) in [5.41, 5.74) is 0. The van der Waals surface area contributed by atoms with Crippen molar-refractivity contribution < 1.29 is 14.4 Å². The zero-order valence-corrected chi connectivity index (χ0v) is 15.5. The molecule has 5 heteroatoms. The van der Waals surface area contributed by atoms with Crippen LogP contribution in [0.15, 0.2) is 0 Å². The van der Waals surface area contributed by atoms with E-state index in [2.05, 4.69) is 13.8 Å². The van der Waals surface area contributed by atoms with E-state index in [4.69, 9.17) is 0 Å². The summed E-state index contributed by atoms with van der Waals surface area (Å²) in [7, 11) is 1.71. The fourth-order valence-electron chi connectivity index (χ4n) is 3.20. The Labute approximate surface area is 140 Å². The maximum atomic E-state index is 12.9. The summed E-state index contributed by atoms with van der Waals surface area (Å²) in [6, 6.07) is -0.793. The Hall–Kier alpha value is -1.39. The first-order valence-electron chi connectivity index (χ1n) is 8.80. The first kappa shape index (κ1) is 19.7. The van der Waals surface area contributed by atoms with Crippen molar-refractivity contribution in [1.29, 1.82) is 0 Å². The molecule has 23 heavy (non-hydrogen) atoms. The lowest BCUT2D eigenvalue weighted by molar-refractivity contribution is -0.147. The SMILES string of the molecule is CCC(=O)[C@@H](CC(C)C)N(C)C(=O)[C@@H]1CCCN1C(=O)C(C)C. The molecular formula is C18H32N2O3. The Kier molecular flexibility index (Phi) is 7.23. The highest BCUT2D eigenvalue weighted by Gasteiger charge is 2.38. The van der Waals surface area contributed by atoms with Crippen LogP contribution < -0.4 is 0 Å². The van der Waals surface area contributed by atoms with Gasteiger partial charge in [-0.2, -0.15) is 0 Å². The molecule has 132 valence electrons. The monoisotopic (exact) mass is 324 g/mol. The molecule has 0 radical (unpaired) electrons. The van der Waals surface area contributed by atoms with Gasteiger partial charge in [-0.25, -0.2) is 0 Å². The van der Waals surface area contributed by atoms with Crippen molar-refractivity contribution in [1.82, 2.24) is 9.80 Å². The fraction of sp³-hybridized carbons (Fsp3) is 0.833.